The van der Waals surface area contributed by atoms with E-state index in [2.05, 4.69) is 10.2 Å². The van der Waals surface area contributed by atoms with Gasteiger partial charge in [-0.25, -0.2) is 0 Å². The lowest BCUT2D eigenvalue weighted by Gasteiger charge is -2.16. The van der Waals surface area contributed by atoms with E-state index in [1.165, 1.54) is 6.20 Å². The number of carbonyl (C=O) groups excluding carboxylic acids is 1. The Labute approximate surface area is 132 Å². The van der Waals surface area contributed by atoms with Crippen LogP contribution in [-0.2, 0) is 0 Å². The summed E-state index contributed by atoms with van der Waals surface area (Å²) in [6.45, 7) is 1.07. The number of aromatic amines is 1. The zero-order valence-corrected chi connectivity index (χ0v) is 13.0. The van der Waals surface area contributed by atoms with E-state index in [1.807, 2.05) is 12.1 Å². The SMILES string of the molecule is CN(CCCOc1ccc(Cl)cc1)C(=O)c1[nH]ncc1Cl. The van der Waals surface area contributed by atoms with Crippen LogP contribution in [0.25, 0.3) is 0 Å². The highest BCUT2D eigenvalue weighted by Gasteiger charge is 2.16. The van der Waals surface area contributed by atoms with Crippen LogP contribution in [0.3, 0.4) is 0 Å². The summed E-state index contributed by atoms with van der Waals surface area (Å²) >= 11 is 11.6. The monoisotopic (exact) mass is 327 g/mol. The first-order chi connectivity index (χ1) is 10.1. The van der Waals surface area contributed by atoms with Crippen LogP contribution in [0, 0.1) is 0 Å². The molecule has 21 heavy (non-hydrogen) atoms. The zero-order valence-electron chi connectivity index (χ0n) is 11.5. The van der Waals surface area contributed by atoms with Crippen LogP contribution in [0.15, 0.2) is 30.5 Å². The second-order valence-electron chi connectivity index (χ2n) is 4.48. The third-order valence-corrected chi connectivity index (χ3v) is 3.41. The summed E-state index contributed by atoms with van der Waals surface area (Å²) in [5.41, 5.74) is 0.304. The quantitative estimate of drug-likeness (QED) is 0.828. The van der Waals surface area contributed by atoms with Gasteiger partial charge in [-0.05, 0) is 30.7 Å². The van der Waals surface area contributed by atoms with Crippen molar-refractivity contribution >= 4 is 29.1 Å². The lowest BCUT2D eigenvalue weighted by molar-refractivity contribution is 0.0782. The van der Waals surface area contributed by atoms with Gasteiger partial charge in [-0.3, -0.25) is 9.89 Å². The molecule has 1 aromatic carbocycles. The number of H-pyrrole nitrogens is 1. The number of nitrogens with zero attached hydrogens (tertiary/aromatic N) is 2. The van der Waals surface area contributed by atoms with Crippen molar-refractivity contribution in [1.82, 2.24) is 15.1 Å². The van der Waals surface area contributed by atoms with Crippen LogP contribution in [0.5, 0.6) is 5.75 Å². The maximum Gasteiger partial charge on any atom is 0.273 e. The summed E-state index contributed by atoms with van der Waals surface area (Å²) in [5, 5.41) is 7.31. The lowest BCUT2D eigenvalue weighted by Crippen LogP contribution is -2.29. The minimum atomic E-state index is -0.191. The number of carbonyl (C=O) groups is 1. The van der Waals surface area contributed by atoms with Crippen LogP contribution >= 0.6 is 23.2 Å². The van der Waals surface area contributed by atoms with Crippen molar-refractivity contribution in [2.45, 2.75) is 6.42 Å². The van der Waals surface area contributed by atoms with E-state index in [9.17, 15) is 4.79 Å². The van der Waals surface area contributed by atoms with Crippen molar-refractivity contribution in [2.75, 3.05) is 20.2 Å². The van der Waals surface area contributed by atoms with Crippen LogP contribution in [0.4, 0.5) is 0 Å². The number of amides is 1. The topological polar surface area (TPSA) is 58.2 Å². The standard InChI is InChI=1S/C14H15Cl2N3O2/c1-19(14(20)13-12(16)9-17-18-13)7-2-8-21-11-5-3-10(15)4-6-11/h3-6,9H,2,7-8H2,1H3,(H,17,18). The van der Waals surface area contributed by atoms with Gasteiger partial charge in [0.15, 0.2) is 0 Å². The second kappa shape index (κ2) is 7.33. The van der Waals surface area contributed by atoms with Crippen molar-refractivity contribution < 1.29 is 9.53 Å². The molecule has 5 nitrogen and oxygen atoms in total. The molecule has 0 saturated heterocycles. The molecule has 0 atom stereocenters. The summed E-state index contributed by atoms with van der Waals surface area (Å²) in [6.07, 6.45) is 2.11. The molecule has 1 amide bonds. The molecule has 0 spiro atoms. The van der Waals surface area contributed by atoms with Crippen LogP contribution in [0.1, 0.15) is 16.9 Å². The van der Waals surface area contributed by atoms with Gasteiger partial charge in [0.05, 0.1) is 17.8 Å². The normalized spacial score (nSPS) is 10.4. The molecule has 1 heterocycles. The molecule has 0 unspecified atom stereocenters. The molecular formula is C14H15Cl2N3O2. The molecule has 0 saturated carbocycles. The van der Waals surface area contributed by atoms with Crippen molar-refractivity contribution in [3.05, 3.63) is 46.2 Å². The number of benzene rings is 1. The highest BCUT2D eigenvalue weighted by atomic mass is 35.5. The maximum atomic E-state index is 12.0. The van der Waals surface area contributed by atoms with Gasteiger partial charge in [0.1, 0.15) is 11.4 Å². The van der Waals surface area contributed by atoms with Crippen molar-refractivity contribution in [3.63, 3.8) is 0 Å². The largest absolute Gasteiger partial charge is 0.494 e. The number of halogens is 2. The highest BCUT2D eigenvalue weighted by Crippen LogP contribution is 2.16. The molecule has 1 N–H and O–H groups in total. The smallest absolute Gasteiger partial charge is 0.273 e. The van der Waals surface area contributed by atoms with Gasteiger partial charge >= 0.3 is 0 Å². The zero-order chi connectivity index (χ0) is 15.2. The average molecular weight is 328 g/mol. The number of hydrogen-bond acceptors (Lipinski definition) is 3. The molecule has 0 fully saturated rings. The van der Waals surface area contributed by atoms with E-state index < -0.39 is 0 Å². The first kappa shape index (κ1) is 15.7. The predicted octanol–water partition coefficient (Wildman–Crippen LogP) is 3.26. The molecule has 1 aromatic heterocycles. The van der Waals surface area contributed by atoms with E-state index in [4.69, 9.17) is 27.9 Å². The molecule has 0 aliphatic carbocycles. The summed E-state index contributed by atoms with van der Waals surface area (Å²) < 4.78 is 5.56. The molecular weight excluding hydrogens is 313 g/mol. The van der Waals surface area contributed by atoms with E-state index in [0.717, 1.165) is 5.75 Å². The number of ether oxygens (including phenoxy) is 1. The van der Waals surface area contributed by atoms with Crippen molar-refractivity contribution in [1.29, 1.82) is 0 Å². The molecule has 112 valence electrons. The number of rotatable bonds is 6. The number of aromatic nitrogens is 2. The van der Waals surface area contributed by atoms with Gasteiger partial charge in [0.2, 0.25) is 0 Å². The van der Waals surface area contributed by atoms with Crippen LogP contribution < -0.4 is 4.74 Å². The number of hydrogen-bond donors (Lipinski definition) is 1. The Hall–Kier alpha value is -1.72. The van der Waals surface area contributed by atoms with Gasteiger partial charge < -0.3 is 9.64 Å². The summed E-state index contributed by atoms with van der Waals surface area (Å²) in [6, 6.07) is 7.16. The summed E-state index contributed by atoms with van der Waals surface area (Å²) in [5.74, 6) is 0.564. The number of nitrogens with one attached hydrogen (secondary N) is 1. The van der Waals surface area contributed by atoms with E-state index in [0.29, 0.717) is 35.3 Å². The minimum Gasteiger partial charge on any atom is -0.494 e. The lowest BCUT2D eigenvalue weighted by atomic mass is 10.3. The Kier molecular flexibility index (Phi) is 5.47. The minimum absolute atomic E-state index is 0.191. The molecule has 2 aromatic rings. The highest BCUT2D eigenvalue weighted by molar-refractivity contribution is 6.33. The third kappa shape index (κ3) is 4.37. The first-order valence-corrected chi connectivity index (χ1v) is 7.16. The van der Waals surface area contributed by atoms with Gasteiger partial charge in [0, 0.05) is 18.6 Å². The van der Waals surface area contributed by atoms with Crippen molar-refractivity contribution in [2.24, 2.45) is 0 Å². The second-order valence-corrected chi connectivity index (χ2v) is 5.32. The maximum absolute atomic E-state index is 12.0. The fourth-order valence-electron chi connectivity index (χ4n) is 1.74. The fraction of sp³-hybridized carbons (Fsp3) is 0.286. The Morgan fingerprint density at radius 3 is 2.67 bits per heavy atom. The van der Waals surface area contributed by atoms with Gasteiger partial charge in [0.25, 0.3) is 5.91 Å². The molecule has 0 radical (unpaired) electrons. The molecule has 2 rings (SSSR count). The van der Waals surface area contributed by atoms with E-state index >= 15 is 0 Å². The Bertz CT molecular complexity index is 599. The molecule has 0 aliphatic rings. The molecule has 7 heteroatoms. The summed E-state index contributed by atoms with van der Waals surface area (Å²) in [7, 11) is 1.71. The van der Waals surface area contributed by atoms with Gasteiger partial charge in [-0.2, -0.15) is 5.10 Å². The average Bonchev–Trinajstić information content (AvgIpc) is 2.90. The predicted molar refractivity (Wildman–Crippen MR) is 82.1 cm³/mol. The Balaban J connectivity index is 1.74. The molecule has 0 bridgehead atoms. The van der Waals surface area contributed by atoms with E-state index in [-0.39, 0.29) is 5.91 Å². The van der Waals surface area contributed by atoms with Gasteiger partial charge in [-0.1, -0.05) is 23.2 Å². The van der Waals surface area contributed by atoms with Crippen molar-refractivity contribution in [3.8, 4) is 5.75 Å². The van der Waals surface area contributed by atoms with Crippen LogP contribution in [-0.4, -0.2) is 41.2 Å². The van der Waals surface area contributed by atoms with Gasteiger partial charge in [-0.15, -0.1) is 0 Å². The summed E-state index contributed by atoms with van der Waals surface area (Å²) in [4.78, 5) is 13.6. The Morgan fingerprint density at radius 2 is 2.05 bits per heavy atom. The van der Waals surface area contributed by atoms with E-state index in [1.54, 1.807) is 24.1 Å². The van der Waals surface area contributed by atoms with Crippen LogP contribution in [0.2, 0.25) is 10.0 Å². The first-order valence-electron chi connectivity index (χ1n) is 6.40. The molecule has 0 aliphatic heterocycles. The Morgan fingerprint density at radius 1 is 1.33 bits per heavy atom. The third-order valence-electron chi connectivity index (χ3n) is 2.87. The fourth-order valence-corrected chi connectivity index (χ4v) is 2.03.